The molecule has 0 spiro atoms. The van der Waals surface area contributed by atoms with E-state index >= 15 is 0 Å². The van der Waals surface area contributed by atoms with Gasteiger partial charge in [0, 0.05) is 12.1 Å². The number of nitrogens with zero attached hydrogens (tertiary/aromatic N) is 6. The molecule has 3 aromatic heterocycles. The Kier molecular flexibility index (Phi) is 5.74. The highest BCUT2D eigenvalue weighted by atomic mass is 16.5. The lowest BCUT2D eigenvalue weighted by molar-refractivity contribution is 0.0691. The van der Waals surface area contributed by atoms with Crippen LogP contribution in [0.1, 0.15) is 58.1 Å². The second kappa shape index (κ2) is 8.58. The topological polar surface area (TPSA) is 124 Å². The molecule has 1 aliphatic rings. The van der Waals surface area contributed by atoms with Gasteiger partial charge in [0.2, 0.25) is 0 Å². The second-order valence-electron chi connectivity index (χ2n) is 10.3. The maximum atomic E-state index is 14.0. The molecule has 1 aromatic carbocycles. The third kappa shape index (κ3) is 3.92. The van der Waals surface area contributed by atoms with Crippen LogP contribution in [0, 0.1) is 27.7 Å². The molecule has 4 heterocycles. The van der Waals surface area contributed by atoms with E-state index in [0.717, 1.165) is 39.6 Å². The molecule has 3 N–H and O–H groups in total. The molecular weight excluding hydrogens is 470 g/mol. The Balaban J connectivity index is 1.67. The average Bonchev–Trinajstić information content (AvgIpc) is 3.38. The molecular formula is C27H33N7O3. The Morgan fingerprint density at radius 3 is 2.49 bits per heavy atom. The molecule has 194 valence electrons. The van der Waals surface area contributed by atoms with Crippen LogP contribution in [0.25, 0.3) is 16.9 Å². The summed E-state index contributed by atoms with van der Waals surface area (Å²) in [5.41, 5.74) is 12.7. The number of benzene rings is 1. The molecule has 0 fully saturated rings. The van der Waals surface area contributed by atoms with Crippen LogP contribution in [-0.4, -0.2) is 53.9 Å². The van der Waals surface area contributed by atoms with Gasteiger partial charge in [-0.25, -0.2) is 9.97 Å². The van der Waals surface area contributed by atoms with E-state index in [0.29, 0.717) is 47.9 Å². The van der Waals surface area contributed by atoms with Crippen molar-refractivity contribution < 1.29 is 14.6 Å². The van der Waals surface area contributed by atoms with Gasteiger partial charge in [-0.2, -0.15) is 5.10 Å². The quantitative estimate of drug-likeness (QED) is 0.438. The van der Waals surface area contributed by atoms with Crippen molar-refractivity contribution in [2.75, 3.05) is 19.4 Å². The summed E-state index contributed by atoms with van der Waals surface area (Å²) in [5, 5.41) is 14.9. The van der Waals surface area contributed by atoms with E-state index in [1.807, 2.05) is 55.1 Å². The molecule has 10 nitrogen and oxygen atoms in total. The number of carbonyl (C=O) groups is 1. The number of fused-ring (bicyclic) bond motifs is 2. The minimum absolute atomic E-state index is 0.214. The molecule has 1 amide bonds. The van der Waals surface area contributed by atoms with Crippen molar-refractivity contribution in [2.45, 2.75) is 60.2 Å². The molecule has 0 aliphatic carbocycles. The average molecular weight is 504 g/mol. The number of hydrogen-bond donors (Lipinski definition) is 2. The number of hydrogen-bond acceptors (Lipinski definition) is 7. The van der Waals surface area contributed by atoms with Crippen LogP contribution < -0.4 is 10.5 Å². The van der Waals surface area contributed by atoms with Gasteiger partial charge in [0.05, 0.1) is 48.7 Å². The first-order chi connectivity index (χ1) is 17.4. The Labute approximate surface area is 215 Å². The molecule has 1 aliphatic heterocycles. The first-order valence-electron chi connectivity index (χ1n) is 12.3. The number of nitrogens with two attached hydrogens (primary N) is 1. The van der Waals surface area contributed by atoms with E-state index in [2.05, 4.69) is 5.10 Å². The van der Waals surface area contributed by atoms with Crippen LogP contribution >= 0.6 is 0 Å². The number of anilines is 1. The van der Waals surface area contributed by atoms with Crippen molar-refractivity contribution in [3.63, 3.8) is 0 Å². The first-order valence-corrected chi connectivity index (χ1v) is 12.3. The van der Waals surface area contributed by atoms with Crippen molar-refractivity contribution in [1.29, 1.82) is 0 Å². The molecule has 37 heavy (non-hydrogen) atoms. The Bertz CT molecular complexity index is 1560. The minimum atomic E-state index is -1.06. The number of amides is 1. The number of aliphatic hydroxyl groups is 1. The monoisotopic (exact) mass is 503 g/mol. The van der Waals surface area contributed by atoms with Crippen molar-refractivity contribution in [3.05, 3.63) is 57.7 Å². The van der Waals surface area contributed by atoms with Crippen molar-refractivity contribution in [2.24, 2.45) is 0 Å². The maximum Gasteiger partial charge on any atom is 0.260 e. The molecule has 0 saturated carbocycles. The van der Waals surface area contributed by atoms with Gasteiger partial charge in [-0.05, 0) is 59.2 Å². The molecule has 0 bridgehead atoms. The van der Waals surface area contributed by atoms with Crippen LogP contribution in [0.3, 0.4) is 0 Å². The van der Waals surface area contributed by atoms with E-state index in [4.69, 9.17) is 20.4 Å². The zero-order chi connectivity index (χ0) is 26.8. The predicted octanol–water partition coefficient (Wildman–Crippen LogP) is 3.32. The minimum Gasteiger partial charge on any atom is -0.496 e. The third-order valence-corrected chi connectivity index (χ3v) is 7.19. The summed E-state index contributed by atoms with van der Waals surface area (Å²) in [6.07, 6.45) is 0. The van der Waals surface area contributed by atoms with E-state index in [-0.39, 0.29) is 5.91 Å². The van der Waals surface area contributed by atoms with Gasteiger partial charge < -0.3 is 20.5 Å². The number of aromatic nitrogens is 5. The molecule has 4 aromatic rings. The number of nitrogen functional groups attached to an aromatic ring is 1. The summed E-state index contributed by atoms with van der Waals surface area (Å²) in [4.78, 5) is 25.4. The van der Waals surface area contributed by atoms with Crippen molar-refractivity contribution in [1.82, 2.24) is 29.2 Å². The highest BCUT2D eigenvalue weighted by Crippen LogP contribution is 2.36. The molecule has 0 unspecified atom stereocenters. The zero-order valence-corrected chi connectivity index (χ0v) is 22.4. The summed E-state index contributed by atoms with van der Waals surface area (Å²) >= 11 is 0. The van der Waals surface area contributed by atoms with E-state index in [1.54, 1.807) is 25.9 Å². The summed E-state index contributed by atoms with van der Waals surface area (Å²) in [5.74, 6) is 0.799. The van der Waals surface area contributed by atoms with E-state index in [1.165, 1.54) is 0 Å². The van der Waals surface area contributed by atoms with Gasteiger partial charge in [-0.3, -0.25) is 14.0 Å². The maximum absolute atomic E-state index is 14.0. The predicted molar refractivity (Wildman–Crippen MR) is 141 cm³/mol. The second-order valence-corrected chi connectivity index (χ2v) is 10.3. The lowest BCUT2D eigenvalue weighted by Crippen LogP contribution is -2.38. The fourth-order valence-corrected chi connectivity index (χ4v) is 4.98. The van der Waals surface area contributed by atoms with Gasteiger partial charge in [-0.15, -0.1) is 0 Å². The fraction of sp³-hybridized carbons (Fsp3) is 0.407. The number of methoxy groups -OCH3 is 1. The Hall–Kier alpha value is -3.92. The zero-order valence-electron chi connectivity index (χ0n) is 22.4. The SMILES string of the molecule is COc1ccc(C)c(-n2c(N)c(C(=O)N3CCn4nc(C(C)(C)O)cc4C3)c3nc(C)c(C)nc32)c1C. The van der Waals surface area contributed by atoms with Crippen molar-refractivity contribution in [3.8, 4) is 11.4 Å². The van der Waals surface area contributed by atoms with E-state index in [9.17, 15) is 9.90 Å². The first kappa shape index (κ1) is 24.8. The van der Waals surface area contributed by atoms with Crippen LogP contribution in [0.15, 0.2) is 18.2 Å². The summed E-state index contributed by atoms with van der Waals surface area (Å²) in [6, 6.07) is 5.73. The third-order valence-electron chi connectivity index (χ3n) is 7.19. The van der Waals surface area contributed by atoms with Crippen LogP contribution in [0.2, 0.25) is 0 Å². The number of rotatable bonds is 4. The van der Waals surface area contributed by atoms with Crippen LogP contribution in [-0.2, 0) is 18.7 Å². The molecule has 0 radical (unpaired) electrons. The van der Waals surface area contributed by atoms with Gasteiger partial charge in [0.1, 0.15) is 28.2 Å². The van der Waals surface area contributed by atoms with Crippen LogP contribution in [0.5, 0.6) is 5.75 Å². The van der Waals surface area contributed by atoms with Gasteiger partial charge >= 0.3 is 0 Å². The van der Waals surface area contributed by atoms with Crippen molar-refractivity contribution >= 4 is 22.9 Å². The van der Waals surface area contributed by atoms with Gasteiger partial charge in [0.15, 0.2) is 5.65 Å². The summed E-state index contributed by atoms with van der Waals surface area (Å²) in [7, 11) is 1.63. The number of ether oxygens (including phenoxy) is 1. The molecule has 5 rings (SSSR count). The van der Waals surface area contributed by atoms with Gasteiger partial charge in [0.25, 0.3) is 5.91 Å². The standard InChI is InChI=1S/C27H33N7O3/c1-14-8-9-19(37-7)15(2)23(14)34-24(28)21(22-25(34)30-17(4)16(3)29-22)26(35)32-10-11-33-18(13-32)12-20(31-33)27(5,6)36/h8-9,12,36H,10-11,13,28H2,1-7H3. The lowest BCUT2D eigenvalue weighted by atomic mass is 10.1. The largest absolute Gasteiger partial charge is 0.496 e. The normalized spacial score (nSPS) is 13.8. The van der Waals surface area contributed by atoms with E-state index < -0.39 is 5.60 Å². The fourth-order valence-electron chi connectivity index (χ4n) is 4.98. The Morgan fingerprint density at radius 1 is 1.11 bits per heavy atom. The molecule has 10 heteroatoms. The number of aryl methyl sites for hydroxylation is 3. The summed E-state index contributed by atoms with van der Waals surface area (Å²) < 4.78 is 9.25. The smallest absolute Gasteiger partial charge is 0.260 e. The molecule has 0 saturated heterocycles. The van der Waals surface area contributed by atoms with Crippen LogP contribution in [0.4, 0.5) is 5.82 Å². The molecule has 0 atom stereocenters. The summed E-state index contributed by atoms with van der Waals surface area (Å²) in [6.45, 7) is 12.5. The number of carbonyl (C=O) groups excluding carboxylic acids is 1. The highest BCUT2D eigenvalue weighted by molar-refractivity contribution is 6.10. The lowest BCUT2D eigenvalue weighted by Gasteiger charge is -2.27. The Morgan fingerprint density at radius 2 is 1.81 bits per heavy atom. The highest BCUT2D eigenvalue weighted by Gasteiger charge is 2.32. The van der Waals surface area contributed by atoms with Gasteiger partial charge in [-0.1, -0.05) is 6.07 Å².